The van der Waals surface area contributed by atoms with E-state index in [2.05, 4.69) is 5.32 Å². The maximum atomic E-state index is 13.1. The van der Waals surface area contributed by atoms with Crippen molar-refractivity contribution in [3.63, 3.8) is 0 Å². The zero-order chi connectivity index (χ0) is 17.2. The Labute approximate surface area is 146 Å². The summed E-state index contributed by atoms with van der Waals surface area (Å²) >= 11 is 0. The fraction of sp³-hybridized carbons (Fsp3) is 0.556. The van der Waals surface area contributed by atoms with Crippen molar-refractivity contribution in [2.45, 2.75) is 18.9 Å². The first-order chi connectivity index (χ1) is 12.2. The summed E-state index contributed by atoms with van der Waals surface area (Å²) in [4.78, 5) is 29.0. The van der Waals surface area contributed by atoms with Gasteiger partial charge in [0.25, 0.3) is 5.91 Å². The first kappa shape index (κ1) is 16.2. The van der Waals surface area contributed by atoms with Crippen LogP contribution in [0.1, 0.15) is 23.2 Å². The number of hydrogen-bond donors (Lipinski definition) is 1. The van der Waals surface area contributed by atoms with Crippen molar-refractivity contribution in [2.75, 3.05) is 45.9 Å². The molecule has 0 aromatic heterocycles. The third-order valence-electron chi connectivity index (χ3n) is 5.05. The molecule has 0 bridgehead atoms. The molecule has 4 rings (SSSR count). The quantitative estimate of drug-likeness (QED) is 0.845. The molecule has 0 aliphatic carbocycles. The summed E-state index contributed by atoms with van der Waals surface area (Å²) in [6.07, 6.45) is 1.85. The van der Waals surface area contributed by atoms with Crippen LogP contribution in [0.25, 0.3) is 0 Å². The molecule has 134 valence electrons. The van der Waals surface area contributed by atoms with Gasteiger partial charge in [-0.2, -0.15) is 0 Å². The number of amides is 2. The van der Waals surface area contributed by atoms with Crippen LogP contribution in [0.3, 0.4) is 0 Å². The van der Waals surface area contributed by atoms with Crippen molar-refractivity contribution in [3.05, 3.63) is 23.8 Å². The highest BCUT2D eigenvalue weighted by molar-refractivity contribution is 5.98. The van der Waals surface area contributed by atoms with Crippen molar-refractivity contribution in [1.82, 2.24) is 15.1 Å². The van der Waals surface area contributed by atoms with Gasteiger partial charge in [-0.3, -0.25) is 9.59 Å². The minimum atomic E-state index is -0.0466. The molecule has 1 unspecified atom stereocenters. The highest BCUT2D eigenvalue weighted by Gasteiger charge is 2.33. The number of carbonyl (C=O) groups is 2. The molecule has 1 aromatic rings. The lowest BCUT2D eigenvalue weighted by molar-refractivity contribution is -0.135. The predicted molar refractivity (Wildman–Crippen MR) is 90.9 cm³/mol. The standard InChI is InChI=1S/C18H23N3O4/c22-16-11-19-6-8-21(16)13-3-2-7-20(12-13)18(23)14-4-1-5-15-17(14)25-10-9-24-15/h1,4-5,13,19H,2-3,6-12H2. The summed E-state index contributed by atoms with van der Waals surface area (Å²) in [6, 6.07) is 5.53. The monoisotopic (exact) mass is 345 g/mol. The van der Waals surface area contributed by atoms with Crippen molar-refractivity contribution in [3.8, 4) is 11.5 Å². The SMILES string of the molecule is O=C(c1cccc2c1OCCO2)N1CCCC(N2CCNCC2=O)C1. The maximum Gasteiger partial charge on any atom is 0.257 e. The molecule has 0 saturated carbocycles. The number of piperidine rings is 1. The molecule has 7 nitrogen and oxygen atoms in total. The predicted octanol–water partition coefficient (Wildman–Crippen LogP) is 0.494. The molecule has 7 heteroatoms. The normalized spacial score (nSPS) is 23.5. The van der Waals surface area contributed by atoms with E-state index in [1.807, 2.05) is 21.9 Å². The summed E-state index contributed by atoms with van der Waals surface area (Å²) in [5, 5.41) is 3.10. The molecule has 3 heterocycles. The van der Waals surface area contributed by atoms with Crippen LogP contribution in [0.5, 0.6) is 11.5 Å². The van der Waals surface area contributed by atoms with E-state index in [0.29, 0.717) is 56.5 Å². The van der Waals surface area contributed by atoms with Crippen molar-refractivity contribution < 1.29 is 19.1 Å². The first-order valence-corrected chi connectivity index (χ1v) is 8.92. The fourth-order valence-corrected chi connectivity index (χ4v) is 3.81. The number of para-hydroxylation sites is 1. The molecule has 3 aliphatic heterocycles. The third kappa shape index (κ3) is 3.16. The van der Waals surface area contributed by atoms with Gasteiger partial charge in [-0.05, 0) is 25.0 Å². The number of likely N-dealkylation sites (tertiary alicyclic amines) is 1. The lowest BCUT2D eigenvalue weighted by Crippen LogP contribution is -2.57. The van der Waals surface area contributed by atoms with Crippen molar-refractivity contribution in [2.24, 2.45) is 0 Å². The van der Waals surface area contributed by atoms with Gasteiger partial charge in [0.15, 0.2) is 11.5 Å². The minimum absolute atomic E-state index is 0.0466. The van der Waals surface area contributed by atoms with Gasteiger partial charge in [-0.25, -0.2) is 0 Å². The molecule has 2 amide bonds. The highest BCUT2D eigenvalue weighted by Crippen LogP contribution is 2.34. The number of benzene rings is 1. The highest BCUT2D eigenvalue weighted by atomic mass is 16.6. The molecular formula is C18H23N3O4. The van der Waals surface area contributed by atoms with E-state index >= 15 is 0 Å². The number of nitrogens with zero attached hydrogens (tertiary/aromatic N) is 2. The first-order valence-electron chi connectivity index (χ1n) is 8.92. The molecule has 0 spiro atoms. The van der Waals surface area contributed by atoms with Gasteiger partial charge in [0.05, 0.1) is 12.1 Å². The van der Waals surface area contributed by atoms with Crippen LogP contribution < -0.4 is 14.8 Å². The number of ether oxygens (including phenoxy) is 2. The second-order valence-corrected chi connectivity index (χ2v) is 6.64. The second kappa shape index (κ2) is 6.92. The van der Waals surface area contributed by atoms with Gasteiger partial charge in [0.2, 0.25) is 5.91 Å². The number of rotatable bonds is 2. The minimum Gasteiger partial charge on any atom is -0.486 e. The smallest absolute Gasteiger partial charge is 0.257 e. The molecule has 1 atom stereocenters. The van der Waals surface area contributed by atoms with Gasteiger partial charge in [0, 0.05) is 32.2 Å². The number of hydrogen-bond acceptors (Lipinski definition) is 5. The Balaban J connectivity index is 1.51. The van der Waals surface area contributed by atoms with Crippen LogP contribution in [0.4, 0.5) is 0 Å². The molecule has 2 fully saturated rings. The van der Waals surface area contributed by atoms with E-state index < -0.39 is 0 Å². The molecule has 1 N–H and O–H groups in total. The Morgan fingerprint density at radius 3 is 2.96 bits per heavy atom. The van der Waals surface area contributed by atoms with Gasteiger partial charge in [-0.15, -0.1) is 0 Å². The lowest BCUT2D eigenvalue weighted by atomic mass is 10.0. The largest absolute Gasteiger partial charge is 0.486 e. The topological polar surface area (TPSA) is 71.1 Å². The van der Waals surface area contributed by atoms with E-state index in [-0.39, 0.29) is 17.9 Å². The van der Waals surface area contributed by atoms with Crippen LogP contribution in [-0.2, 0) is 4.79 Å². The Morgan fingerprint density at radius 1 is 1.20 bits per heavy atom. The van der Waals surface area contributed by atoms with E-state index in [4.69, 9.17) is 9.47 Å². The third-order valence-corrected chi connectivity index (χ3v) is 5.05. The van der Waals surface area contributed by atoms with Gasteiger partial charge in [0.1, 0.15) is 13.2 Å². The van der Waals surface area contributed by atoms with E-state index in [9.17, 15) is 9.59 Å². The lowest BCUT2D eigenvalue weighted by Gasteiger charge is -2.41. The number of fused-ring (bicyclic) bond motifs is 1. The van der Waals surface area contributed by atoms with Gasteiger partial charge < -0.3 is 24.6 Å². The average Bonchev–Trinajstić information content (AvgIpc) is 2.67. The number of nitrogens with one attached hydrogen (secondary N) is 1. The zero-order valence-corrected chi connectivity index (χ0v) is 14.2. The van der Waals surface area contributed by atoms with Gasteiger partial charge in [-0.1, -0.05) is 6.07 Å². The summed E-state index contributed by atoms with van der Waals surface area (Å²) in [5.41, 5.74) is 0.546. The van der Waals surface area contributed by atoms with Crippen LogP contribution in [-0.4, -0.2) is 73.6 Å². The molecule has 2 saturated heterocycles. The van der Waals surface area contributed by atoms with E-state index in [0.717, 1.165) is 19.4 Å². The zero-order valence-electron chi connectivity index (χ0n) is 14.2. The Morgan fingerprint density at radius 2 is 2.08 bits per heavy atom. The maximum absolute atomic E-state index is 13.1. The number of piperazine rings is 1. The summed E-state index contributed by atoms with van der Waals surface area (Å²) in [6.45, 7) is 4.16. The van der Waals surface area contributed by atoms with E-state index in [1.165, 1.54) is 0 Å². The summed E-state index contributed by atoms with van der Waals surface area (Å²) < 4.78 is 11.3. The Hall–Kier alpha value is -2.28. The molecule has 0 radical (unpaired) electrons. The van der Waals surface area contributed by atoms with Crippen LogP contribution in [0.15, 0.2) is 18.2 Å². The van der Waals surface area contributed by atoms with Crippen LogP contribution in [0, 0.1) is 0 Å². The van der Waals surface area contributed by atoms with Crippen molar-refractivity contribution >= 4 is 11.8 Å². The molecule has 25 heavy (non-hydrogen) atoms. The second-order valence-electron chi connectivity index (χ2n) is 6.64. The molecule has 1 aromatic carbocycles. The molecular weight excluding hydrogens is 322 g/mol. The van der Waals surface area contributed by atoms with Crippen molar-refractivity contribution in [1.29, 1.82) is 0 Å². The summed E-state index contributed by atoms with van der Waals surface area (Å²) in [5.74, 6) is 1.25. The van der Waals surface area contributed by atoms with Gasteiger partial charge >= 0.3 is 0 Å². The fourth-order valence-electron chi connectivity index (χ4n) is 3.81. The average molecular weight is 345 g/mol. The molecule has 3 aliphatic rings. The van der Waals surface area contributed by atoms with E-state index in [1.54, 1.807) is 6.07 Å². The van der Waals surface area contributed by atoms with Crippen LogP contribution in [0.2, 0.25) is 0 Å². The summed E-state index contributed by atoms with van der Waals surface area (Å²) in [7, 11) is 0. The Bertz CT molecular complexity index is 678. The van der Waals surface area contributed by atoms with Crippen LogP contribution >= 0.6 is 0 Å². The Kier molecular flexibility index (Phi) is 4.48. The number of carbonyl (C=O) groups excluding carboxylic acids is 2.